The maximum atomic E-state index is 6.64. The highest BCUT2D eigenvalue weighted by molar-refractivity contribution is 6.09. The molecule has 1 aliphatic carbocycles. The highest BCUT2D eigenvalue weighted by Gasteiger charge is 2.36. The summed E-state index contributed by atoms with van der Waals surface area (Å²) >= 11 is 0. The molecule has 2 heterocycles. The second-order valence-corrected chi connectivity index (χ2v) is 10.2. The van der Waals surface area contributed by atoms with Gasteiger partial charge in [0.2, 0.25) is 0 Å². The van der Waals surface area contributed by atoms with Gasteiger partial charge in [0.1, 0.15) is 27.8 Å². The Bertz CT molecular complexity index is 1650. The summed E-state index contributed by atoms with van der Waals surface area (Å²) < 4.78 is 6.64. The minimum atomic E-state index is 0.179. The zero-order valence-electron chi connectivity index (χ0n) is 23.0. The molecule has 0 saturated heterocycles. The number of unbranched alkanes of at least 4 members (excludes halogenated alkanes) is 1. The molecule has 0 radical (unpaired) electrons. The van der Waals surface area contributed by atoms with Gasteiger partial charge in [-0.15, -0.1) is 0 Å². The molecule has 6 rings (SSSR count). The van der Waals surface area contributed by atoms with E-state index < -0.39 is 0 Å². The Balaban J connectivity index is 1.92. The van der Waals surface area contributed by atoms with E-state index in [-0.39, 0.29) is 5.92 Å². The summed E-state index contributed by atoms with van der Waals surface area (Å²) in [5.41, 5.74) is 15.0. The maximum Gasteiger partial charge on any atom is 0.131 e. The molecule has 5 aromatic rings. The third kappa shape index (κ3) is 3.47. The lowest BCUT2D eigenvalue weighted by molar-refractivity contribution is 0.338. The van der Waals surface area contributed by atoms with Crippen LogP contribution in [0.2, 0.25) is 0 Å². The predicted molar refractivity (Wildman–Crippen MR) is 153 cm³/mol. The van der Waals surface area contributed by atoms with E-state index in [1.807, 2.05) is 0 Å². The molecular weight excluding hydrogens is 472 g/mol. The molecule has 7 nitrogen and oxygen atoms in total. The van der Waals surface area contributed by atoms with Gasteiger partial charge in [0.05, 0.1) is 6.61 Å². The quantitative estimate of drug-likeness (QED) is 0.230. The third-order valence-corrected chi connectivity index (χ3v) is 8.26. The van der Waals surface area contributed by atoms with Crippen LogP contribution in [-0.2, 0) is 19.3 Å². The van der Waals surface area contributed by atoms with E-state index in [9.17, 15) is 0 Å². The highest BCUT2D eigenvalue weighted by Crippen LogP contribution is 2.56. The first kappa shape index (κ1) is 24.6. The van der Waals surface area contributed by atoms with Crippen LogP contribution in [0.5, 0.6) is 5.75 Å². The largest absolute Gasteiger partial charge is 0.493 e. The van der Waals surface area contributed by atoms with Gasteiger partial charge in [-0.3, -0.25) is 0 Å². The number of nitrogens with one attached hydrogen (secondary N) is 2. The topological polar surface area (TPSA) is 92.4 Å². The molecule has 7 heteroatoms. The number of benzene rings is 3. The molecule has 0 spiro atoms. The summed E-state index contributed by atoms with van der Waals surface area (Å²) in [5.74, 6) is 1.17. The van der Waals surface area contributed by atoms with Gasteiger partial charge in [0.25, 0.3) is 0 Å². The number of nitrogens with zero attached hydrogens (tertiary/aromatic N) is 4. The van der Waals surface area contributed by atoms with Crippen LogP contribution >= 0.6 is 0 Å². The Labute approximate surface area is 223 Å². The summed E-state index contributed by atoms with van der Waals surface area (Å²) in [6, 6.07) is 8.72. The number of hydrogen-bond donors (Lipinski definition) is 2. The monoisotopic (exact) mass is 508 g/mol. The zero-order chi connectivity index (χ0) is 26.4. The second kappa shape index (κ2) is 9.86. The Morgan fingerprint density at radius 3 is 1.82 bits per heavy atom. The molecule has 1 aliphatic rings. The molecule has 1 unspecified atom stereocenters. The number of H-pyrrole nitrogens is 2. The molecule has 2 aromatic heterocycles. The summed E-state index contributed by atoms with van der Waals surface area (Å²) in [5, 5.41) is 24.3. The van der Waals surface area contributed by atoms with Gasteiger partial charge < -0.3 is 4.74 Å². The highest BCUT2D eigenvalue weighted by atomic mass is 16.5. The summed E-state index contributed by atoms with van der Waals surface area (Å²) in [7, 11) is 0. The predicted octanol–water partition coefficient (Wildman–Crippen LogP) is 7.28. The maximum absolute atomic E-state index is 6.64. The molecule has 38 heavy (non-hydrogen) atoms. The van der Waals surface area contributed by atoms with Crippen LogP contribution in [0.15, 0.2) is 24.3 Å². The number of fused-ring (bicyclic) bond motifs is 9. The minimum absolute atomic E-state index is 0.179. The Morgan fingerprint density at radius 2 is 1.29 bits per heavy atom. The average molecular weight is 509 g/mol. The van der Waals surface area contributed by atoms with Crippen LogP contribution in [0.1, 0.15) is 87.6 Å². The molecule has 2 N–H and O–H groups in total. The number of rotatable bonds is 8. The van der Waals surface area contributed by atoms with Crippen molar-refractivity contribution in [2.45, 2.75) is 79.1 Å². The van der Waals surface area contributed by atoms with Gasteiger partial charge in [-0.1, -0.05) is 46.2 Å². The van der Waals surface area contributed by atoms with Crippen LogP contribution in [-0.4, -0.2) is 37.4 Å². The van der Waals surface area contributed by atoms with Crippen molar-refractivity contribution in [2.75, 3.05) is 6.61 Å². The van der Waals surface area contributed by atoms with Gasteiger partial charge in [-0.25, -0.2) is 0 Å². The Kier molecular flexibility index (Phi) is 6.38. The molecule has 0 bridgehead atoms. The van der Waals surface area contributed by atoms with E-state index >= 15 is 0 Å². The third-order valence-electron chi connectivity index (χ3n) is 8.26. The molecule has 1 atom stereocenters. The molecule has 0 fully saturated rings. The smallest absolute Gasteiger partial charge is 0.131 e. The fourth-order valence-electron chi connectivity index (χ4n) is 6.70. The van der Waals surface area contributed by atoms with Crippen LogP contribution in [0.3, 0.4) is 0 Å². The van der Waals surface area contributed by atoms with Gasteiger partial charge >= 0.3 is 0 Å². The second-order valence-electron chi connectivity index (χ2n) is 10.2. The standard InChI is InChI=1S/C31H36N6O/c1-6-11-12-20-17(7-2)19(9-4)31(38-10-5)28-25(20)26-21(13-15-23-29(26)34-36-32-23)18(8-3)22-14-16-24-30(27(22)28)35-37-33-24/h13-16,18H,6-12H2,1-5H3,(H,32,34,36)(H,33,35,37). The SMILES string of the molecule is CCCCc1c(CC)c(CC)c(OCC)c2c1-c1c(ccc3n[nH]nc13)C(CC)c1ccc3n[nH]nc3c1-2. The number of ether oxygens (including phenoxy) is 1. The van der Waals surface area contributed by atoms with Crippen LogP contribution in [0, 0.1) is 0 Å². The summed E-state index contributed by atoms with van der Waals surface area (Å²) in [6.07, 6.45) is 6.09. The van der Waals surface area contributed by atoms with Gasteiger partial charge in [0.15, 0.2) is 0 Å². The number of aromatic nitrogens is 6. The molecule has 196 valence electrons. The van der Waals surface area contributed by atoms with E-state index in [1.165, 1.54) is 38.9 Å². The lowest BCUT2D eigenvalue weighted by Gasteiger charge is -2.26. The average Bonchev–Trinajstić information content (AvgIpc) is 3.59. The normalized spacial score (nSPS) is 14.4. The minimum Gasteiger partial charge on any atom is -0.493 e. The van der Waals surface area contributed by atoms with E-state index in [2.05, 4.69) is 79.5 Å². The Hall–Kier alpha value is -3.74. The van der Waals surface area contributed by atoms with Gasteiger partial charge in [-0.05, 0) is 84.5 Å². The van der Waals surface area contributed by atoms with Crippen molar-refractivity contribution in [3.05, 3.63) is 52.1 Å². The number of aromatic amines is 2. The lowest BCUT2D eigenvalue weighted by atomic mass is 9.80. The molecule has 0 amide bonds. The van der Waals surface area contributed by atoms with Crippen molar-refractivity contribution in [3.8, 4) is 28.0 Å². The van der Waals surface area contributed by atoms with E-state index in [1.54, 1.807) is 0 Å². The lowest BCUT2D eigenvalue weighted by Crippen LogP contribution is -2.09. The molecule has 3 aromatic carbocycles. The first-order valence-electron chi connectivity index (χ1n) is 14.2. The first-order chi connectivity index (χ1) is 18.7. The summed E-state index contributed by atoms with van der Waals surface area (Å²) in [4.78, 5) is 0. The summed E-state index contributed by atoms with van der Waals surface area (Å²) in [6.45, 7) is 11.7. The van der Waals surface area contributed by atoms with Crippen molar-refractivity contribution in [3.63, 3.8) is 0 Å². The molecule has 0 aliphatic heterocycles. The Morgan fingerprint density at radius 1 is 0.684 bits per heavy atom. The van der Waals surface area contributed by atoms with Crippen molar-refractivity contribution >= 4 is 22.1 Å². The van der Waals surface area contributed by atoms with Crippen molar-refractivity contribution in [1.29, 1.82) is 0 Å². The van der Waals surface area contributed by atoms with Crippen LogP contribution < -0.4 is 4.74 Å². The van der Waals surface area contributed by atoms with Crippen molar-refractivity contribution in [1.82, 2.24) is 30.8 Å². The number of hydrogen-bond acceptors (Lipinski definition) is 5. The van der Waals surface area contributed by atoms with Crippen molar-refractivity contribution < 1.29 is 4.74 Å². The van der Waals surface area contributed by atoms with Crippen LogP contribution in [0.4, 0.5) is 0 Å². The van der Waals surface area contributed by atoms with Gasteiger partial charge in [0, 0.05) is 22.6 Å². The van der Waals surface area contributed by atoms with Crippen molar-refractivity contribution in [2.24, 2.45) is 0 Å². The van der Waals surface area contributed by atoms with Crippen LogP contribution in [0.25, 0.3) is 44.3 Å². The fourth-order valence-corrected chi connectivity index (χ4v) is 6.70. The van der Waals surface area contributed by atoms with E-state index in [0.29, 0.717) is 6.61 Å². The fraction of sp³-hybridized carbons (Fsp3) is 0.419. The van der Waals surface area contributed by atoms with Gasteiger partial charge in [-0.2, -0.15) is 30.8 Å². The molecular formula is C31H36N6O. The zero-order valence-corrected chi connectivity index (χ0v) is 23.0. The van der Waals surface area contributed by atoms with E-state index in [4.69, 9.17) is 14.9 Å². The molecule has 0 saturated carbocycles. The van der Waals surface area contributed by atoms with E-state index in [0.717, 1.165) is 77.5 Å². The first-order valence-corrected chi connectivity index (χ1v) is 14.2.